The molecular weight excluding hydrogens is 343 g/mol. The molecule has 1 aromatic carbocycles. The number of anilines is 1. The average molecular weight is 362 g/mol. The molecule has 0 aromatic heterocycles. The second-order valence-corrected chi connectivity index (χ2v) is 7.05. The lowest BCUT2D eigenvalue weighted by atomic mass is 9.93. The summed E-state index contributed by atoms with van der Waals surface area (Å²) < 4.78 is 14.0. The molecule has 1 saturated carbocycles. The van der Waals surface area contributed by atoms with Gasteiger partial charge in [0.2, 0.25) is 0 Å². The largest absolute Gasteiger partial charge is 0.380 e. The summed E-state index contributed by atoms with van der Waals surface area (Å²) in [5.74, 6) is 0.332. The molecule has 2 nitrogen and oxygen atoms in total. The van der Waals surface area contributed by atoms with Crippen LogP contribution in [0.15, 0.2) is 16.6 Å². The predicted octanol–water partition coefficient (Wildman–Crippen LogP) is 4.57. The smallest absolute Gasteiger partial charge is 0.125 e. The summed E-state index contributed by atoms with van der Waals surface area (Å²) in [5.41, 5.74) is 0.822. The first kappa shape index (κ1) is 14.6. The van der Waals surface area contributed by atoms with E-state index < -0.39 is 0 Å². The zero-order valence-electron chi connectivity index (χ0n) is 11.3. The molecule has 1 saturated heterocycles. The topological polar surface area (TPSA) is 24.1 Å². The van der Waals surface area contributed by atoms with E-state index >= 15 is 0 Å². The van der Waals surface area contributed by atoms with Crippen LogP contribution in [0, 0.1) is 11.7 Å². The summed E-state index contributed by atoms with van der Waals surface area (Å²) in [4.78, 5) is 0. The molecule has 0 amide bonds. The Balaban J connectivity index is 1.76. The first-order valence-electron chi connectivity index (χ1n) is 7.29. The van der Waals surface area contributed by atoms with Gasteiger partial charge in [0.25, 0.3) is 0 Å². The van der Waals surface area contributed by atoms with Crippen LogP contribution in [-0.4, -0.2) is 18.6 Å². The fourth-order valence-electron chi connectivity index (χ4n) is 3.59. The van der Waals surface area contributed by atoms with Crippen molar-refractivity contribution >= 4 is 33.2 Å². The van der Waals surface area contributed by atoms with Crippen LogP contribution in [-0.2, 0) is 0 Å². The molecule has 3 rings (SSSR count). The van der Waals surface area contributed by atoms with Crippen LogP contribution in [0.3, 0.4) is 0 Å². The zero-order valence-corrected chi connectivity index (χ0v) is 13.6. The second-order valence-electron chi connectivity index (χ2n) is 5.79. The van der Waals surface area contributed by atoms with E-state index in [-0.39, 0.29) is 5.82 Å². The Hall–Kier alpha value is -0.320. The molecule has 1 aliphatic heterocycles. The number of benzene rings is 1. The Kier molecular flexibility index (Phi) is 4.53. The summed E-state index contributed by atoms with van der Waals surface area (Å²) in [6.45, 7) is 1.13. The van der Waals surface area contributed by atoms with Crippen LogP contribution in [0.4, 0.5) is 10.1 Å². The number of hydrogen-bond donors (Lipinski definition) is 2. The van der Waals surface area contributed by atoms with E-state index in [0.717, 1.165) is 18.7 Å². The van der Waals surface area contributed by atoms with E-state index in [2.05, 4.69) is 26.6 Å². The quantitative estimate of drug-likeness (QED) is 0.824. The molecule has 1 aliphatic carbocycles. The van der Waals surface area contributed by atoms with Crippen LogP contribution in [0.25, 0.3) is 0 Å². The van der Waals surface area contributed by atoms with Gasteiger partial charge in [0.15, 0.2) is 0 Å². The maximum Gasteiger partial charge on any atom is 0.125 e. The molecule has 20 heavy (non-hydrogen) atoms. The maximum atomic E-state index is 13.3. The lowest BCUT2D eigenvalue weighted by Crippen LogP contribution is -2.38. The number of nitrogens with one attached hydrogen (secondary N) is 2. The van der Waals surface area contributed by atoms with Crippen molar-refractivity contribution in [2.45, 2.75) is 44.2 Å². The molecule has 0 bridgehead atoms. The molecule has 3 atom stereocenters. The highest BCUT2D eigenvalue weighted by atomic mass is 79.9. The van der Waals surface area contributed by atoms with Gasteiger partial charge >= 0.3 is 0 Å². The summed E-state index contributed by atoms with van der Waals surface area (Å²) in [7, 11) is 0. The van der Waals surface area contributed by atoms with Crippen molar-refractivity contribution in [2.75, 3.05) is 11.9 Å². The van der Waals surface area contributed by atoms with E-state index in [1.165, 1.54) is 37.8 Å². The molecule has 1 heterocycles. The molecule has 3 unspecified atom stereocenters. The van der Waals surface area contributed by atoms with Gasteiger partial charge in [-0.2, -0.15) is 0 Å². The summed E-state index contributed by atoms with van der Waals surface area (Å²) in [6.07, 6.45) is 6.20. The third-order valence-electron chi connectivity index (χ3n) is 4.52. The first-order valence-corrected chi connectivity index (χ1v) is 8.46. The molecule has 0 radical (unpaired) electrons. The van der Waals surface area contributed by atoms with Crippen molar-refractivity contribution in [3.05, 3.63) is 27.4 Å². The van der Waals surface area contributed by atoms with Crippen LogP contribution in [0.5, 0.6) is 0 Å². The molecule has 2 N–H and O–H groups in total. The normalized spacial score (nSPS) is 29.9. The van der Waals surface area contributed by atoms with Crippen LogP contribution in [0.1, 0.15) is 32.1 Å². The van der Waals surface area contributed by atoms with E-state index in [0.29, 0.717) is 27.5 Å². The molecule has 0 spiro atoms. The van der Waals surface area contributed by atoms with Crippen LogP contribution < -0.4 is 10.6 Å². The van der Waals surface area contributed by atoms with Gasteiger partial charge in [0.05, 0.1) is 10.7 Å². The highest BCUT2D eigenvalue weighted by Gasteiger charge is 2.35. The molecule has 2 fully saturated rings. The Labute approximate surface area is 132 Å². The van der Waals surface area contributed by atoms with Crippen LogP contribution >= 0.6 is 27.5 Å². The third kappa shape index (κ3) is 2.97. The summed E-state index contributed by atoms with van der Waals surface area (Å²) in [5, 5.41) is 7.60. The standard InChI is InChI=1S/C15H19BrClFN2/c16-11-7-9(18)8-12(17)15(11)20-14-4-1-3-10(14)13-5-2-6-19-13/h7-8,10,13-14,19-20H,1-6H2. The van der Waals surface area contributed by atoms with E-state index in [1.807, 2.05) is 0 Å². The van der Waals surface area contributed by atoms with Gasteiger partial charge in [-0.3, -0.25) is 0 Å². The zero-order chi connectivity index (χ0) is 14.1. The Morgan fingerprint density at radius 3 is 2.80 bits per heavy atom. The van der Waals surface area contributed by atoms with Gasteiger partial charge in [-0.05, 0) is 66.2 Å². The predicted molar refractivity (Wildman–Crippen MR) is 84.9 cm³/mol. The van der Waals surface area contributed by atoms with Crippen molar-refractivity contribution in [3.8, 4) is 0 Å². The van der Waals surface area contributed by atoms with Gasteiger partial charge in [-0.15, -0.1) is 0 Å². The van der Waals surface area contributed by atoms with E-state index in [4.69, 9.17) is 11.6 Å². The van der Waals surface area contributed by atoms with Gasteiger partial charge < -0.3 is 10.6 Å². The van der Waals surface area contributed by atoms with Gasteiger partial charge in [-0.1, -0.05) is 18.0 Å². The highest BCUT2D eigenvalue weighted by Crippen LogP contribution is 2.38. The molecular formula is C15H19BrClFN2. The fraction of sp³-hybridized carbons (Fsp3) is 0.600. The first-order chi connectivity index (χ1) is 9.65. The van der Waals surface area contributed by atoms with Crippen molar-refractivity contribution in [1.82, 2.24) is 5.32 Å². The van der Waals surface area contributed by atoms with Crippen molar-refractivity contribution in [2.24, 2.45) is 5.92 Å². The lowest BCUT2D eigenvalue weighted by molar-refractivity contribution is 0.376. The minimum Gasteiger partial charge on any atom is -0.380 e. The van der Waals surface area contributed by atoms with Crippen LogP contribution in [0.2, 0.25) is 5.02 Å². The minimum atomic E-state index is -0.312. The average Bonchev–Trinajstić information content (AvgIpc) is 3.04. The molecule has 110 valence electrons. The van der Waals surface area contributed by atoms with Crippen molar-refractivity contribution < 1.29 is 4.39 Å². The van der Waals surface area contributed by atoms with Crippen molar-refractivity contribution in [1.29, 1.82) is 0 Å². The third-order valence-corrected chi connectivity index (χ3v) is 5.44. The summed E-state index contributed by atoms with van der Waals surface area (Å²) >= 11 is 9.58. The highest BCUT2D eigenvalue weighted by molar-refractivity contribution is 9.10. The van der Waals surface area contributed by atoms with Crippen molar-refractivity contribution in [3.63, 3.8) is 0 Å². The molecule has 1 aromatic rings. The summed E-state index contributed by atoms with van der Waals surface area (Å²) in [6, 6.07) is 3.87. The number of rotatable bonds is 3. The fourth-order valence-corrected chi connectivity index (χ4v) is 4.51. The minimum absolute atomic E-state index is 0.312. The van der Waals surface area contributed by atoms with Gasteiger partial charge in [0, 0.05) is 16.6 Å². The van der Waals surface area contributed by atoms with Gasteiger partial charge in [-0.25, -0.2) is 4.39 Å². The SMILES string of the molecule is Fc1cc(Cl)c(NC2CCCC2C2CCCN2)c(Br)c1. The maximum absolute atomic E-state index is 13.3. The van der Waals surface area contributed by atoms with E-state index in [1.54, 1.807) is 0 Å². The monoisotopic (exact) mass is 360 g/mol. The lowest BCUT2D eigenvalue weighted by Gasteiger charge is -2.28. The molecule has 2 aliphatic rings. The van der Waals surface area contributed by atoms with Gasteiger partial charge in [0.1, 0.15) is 5.82 Å². The number of hydrogen-bond acceptors (Lipinski definition) is 2. The molecule has 5 heteroatoms. The van der Waals surface area contributed by atoms with E-state index in [9.17, 15) is 4.39 Å². The number of halogens is 3. The Morgan fingerprint density at radius 1 is 1.25 bits per heavy atom. The second kappa shape index (κ2) is 6.20. The Bertz CT molecular complexity index is 468. The Morgan fingerprint density at radius 2 is 2.10 bits per heavy atom.